The minimum Gasteiger partial charge on any atom is -0.345 e. The van der Waals surface area contributed by atoms with E-state index in [0.29, 0.717) is 23.7 Å². The minimum atomic E-state index is -0.00708. The summed E-state index contributed by atoms with van der Waals surface area (Å²) >= 11 is 12.2. The van der Waals surface area contributed by atoms with E-state index in [2.05, 4.69) is 30.5 Å². The summed E-state index contributed by atoms with van der Waals surface area (Å²) < 4.78 is 2.16. The summed E-state index contributed by atoms with van der Waals surface area (Å²) in [6.45, 7) is 5.41. The number of halogens is 2. The molecule has 0 bridgehead atoms. The fourth-order valence-electron chi connectivity index (χ4n) is 3.19. The van der Waals surface area contributed by atoms with Crippen molar-refractivity contribution in [1.82, 2.24) is 9.47 Å². The largest absolute Gasteiger partial charge is 0.345 e. The van der Waals surface area contributed by atoms with Gasteiger partial charge < -0.3 is 9.47 Å². The highest BCUT2D eigenvalue weighted by molar-refractivity contribution is 6.31. The van der Waals surface area contributed by atoms with Gasteiger partial charge in [0.05, 0.1) is 6.54 Å². The van der Waals surface area contributed by atoms with Crippen molar-refractivity contribution in [3.8, 4) is 0 Å². The summed E-state index contributed by atoms with van der Waals surface area (Å²) in [6, 6.07) is 19.2. The summed E-state index contributed by atoms with van der Waals surface area (Å²) in [5.74, 6) is -0.00708. The van der Waals surface area contributed by atoms with E-state index in [1.165, 1.54) is 0 Å². The van der Waals surface area contributed by atoms with E-state index in [9.17, 15) is 4.79 Å². The minimum absolute atomic E-state index is 0.00708. The smallest absolute Gasteiger partial charge is 0.254 e. The Morgan fingerprint density at radius 1 is 1.04 bits per heavy atom. The molecule has 146 valence electrons. The number of aromatic nitrogens is 1. The van der Waals surface area contributed by atoms with Gasteiger partial charge in [-0.2, -0.15) is 0 Å². The van der Waals surface area contributed by atoms with E-state index in [4.69, 9.17) is 23.2 Å². The Hall–Kier alpha value is -2.23. The Balaban J connectivity index is 1.84. The second-order valence-electron chi connectivity index (χ2n) is 6.96. The monoisotopic (exact) mass is 414 g/mol. The first-order chi connectivity index (χ1) is 13.5. The first-order valence-corrected chi connectivity index (χ1v) is 10.2. The lowest BCUT2D eigenvalue weighted by atomic mass is 10.1. The molecular formula is C23H24Cl2N2O. The van der Waals surface area contributed by atoms with Crippen molar-refractivity contribution < 1.29 is 4.79 Å². The Labute approximate surface area is 176 Å². The van der Waals surface area contributed by atoms with Gasteiger partial charge in [-0.05, 0) is 61.4 Å². The molecule has 5 heteroatoms. The highest BCUT2D eigenvalue weighted by Crippen LogP contribution is 2.19. The van der Waals surface area contributed by atoms with Crippen LogP contribution >= 0.6 is 23.2 Å². The summed E-state index contributed by atoms with van der Waals surface area (Å²) in [7, 11) is 0. The van der Waals surface area contributed by atoms with Gasteiger partial charge in [-0.1, -0.05) is 48.3 Å². The van der Waals surface area contributed by atoms with E-state index in [1.54, 1.807) is 12.1 Å². The third kappa shape index (κ3) is 4.98. The molecule has 0 radical (unpaired) electrons. The maximum Gasteiger partial charge on any atom is 0.254 e. The molecule has 28 heavy (non-hydrogen) atoms. The molecule has 0 unspecified atom stereocenters. The quantitative estimate of drug-likeness (QED) is 0.446. The van der Waals surface area contributed by atoms with Gasteiger partial charge in [0, 0.05) is 40.1 Å². The van der Waals surface area contributed by atoms with E-state index in [-0.39, 0.29) is 11.9 Å². The van der Waals surface area contributed by atoms with Gasteiger partial charge in [-0.25, -0.2) is 0 Å². The van der Waals surface area contributed by atoms with Crippen LogP contribution in [0.3, 0.4) is 0 Å². The van der Waals surface area contributed by atoms with Crippen molar-refractivity contribution in [1.29, 1.82) is 0 Å². The Morgan fingerprint density at radius 3 is 2.43 bits per heavy atom. The third-order valence-corrected chi connectivity index (χ3v) is 5.42. The average molecular weight is 415 g/mol. The highest BCUT2D eigenvalue weighted by atomic mass is 35.5. The van der Waals surface area contributed by atoms with E-state index < -0.39 is 0 Å². The van der Waals surface area contributed by atoms with Crippen LogP contribution in [0.4, 0.5) is 0 Å². The van der Waals surface area contributed by atoms with Crippen LogP contribution in [0.1, 0.15) is 41.9 Å². The standard InChI is InChI=1S/C23H24Cl2N2O/c1-3-17(2)27(23(28)19-8-5-10-21(25)14-19)16-22-11-6-12-26(22)15-18-7-4-9-20(24)13-18/h4-14,17H,3,15-16H2,1-2H3/t17-/m1/s1. The van der Waals surface area contributed by atoms with Crippen LogP contribution in [0.2, 0.25) is 10.0 Å². The number of hydrogen-bond donors (Lipinski definition) is 0. The van der Waals surface area contributed by atoms with Crippen LogP contribution in [0.5, 0.6) is 0 Å². The number of hydrogen-bond acceptors (Lipinski definition) is 1. The molecule has 3 rings (SSSR count). The summed E-state index contributed by atoms with van der Waals surface area (Å²) in [5.41, 5.74) is 2.82. The van der Waals surface area contributed by atoms with E-state index in [1.807, 2.05) is 47.5 Å². The zero-order valence-electron chi connectivity index (χ0n) is 16.1. The van der Waals surface area contributed by atoms with Gasteiger partial charge in [0.25, 0.3) is 5.91 Å². The lowest BCUT2D eigenvalue weighted by molar-refractivity contribution is 0.0667. The number of nitrogens with zero attached hydrogens (tertiary/aromatic N) is 2. The summed E-state index contributed by atoms with van der Waals surface area (Å²) in [6.07, 6.45) is 2.91. The highest BCUT2D eigenvalue weighted by Gasteiger charge is 2.22. The molecule has 0 spiro atoms. The molecule has 0 aliphatic carbocycles. The molecule has 0 N–H and O–H groups in total. The second kappa shape index (κ2) is 9.31. The first kappa shape index (κ1) is 20.5. The predicted octanol–water partition coefficient (Wildman–Crippen LogP) is 6.28. The van der Waals surface area contributed by atoms with Crippen LogP contribution in [-0.4, -0.2) is 21.4 Å². The van der Waals surface area contributed by atoms with Crippen molar-refractivity contribution in [3.05, 3.63) is 93.7 Å². The lowest BCUT2D eigenvalue weighted by Gasteiger charge is -2.29. The molecule has 1 heterocycles. The Kier molecular flexibility index (Phi) is 6.82. The average Bonchev–Trinajstić information content (AvgIpc) is 3.11. The molecule has 3 nitrogen and oxygen atoms in total. The fourth-order valence-corrected chi connectivity index (χ4v) is 3.59. The predicted molar refractivity (Wildman–Crippen MR) is 116 cm³/mol. The number of amides is 1. The first-order valence-electron chi connectivity index (χ1n) is 9.43. The van der Waals surface area contributed by atoms with Crippen molar-refractivity contribution in [2.45, 2.75) is 39.4 Å². The maximum atomic E-state index is 13.2. The summed E-state index contributed by atoms with van der Waals surface area (Å²) in [4.78, 5) is 15.1. The number of carbonyl (C=O) groups is 1. The fraction of sp³-hybridized carbons (Fsp3) is 0.261. The Bertz CT molecular complexity index is 951. The van der Waals surface area contributed by atoms with Crippen molar-refractivity contribution in [3.63, 3.8) is 0 Å². The number of benzene rings is 2. The molecule has 0 fully saturated rings. The van der Waals surface area contributed by atoms with Gasteiger partial charge in [0.2, 0.25) is 0 Å². The number of carbonyl (C=O) groups excluding carboxylic acids is 1. The zero-order chi connectivity index (χ0) is 20.1. The van der Waals surface area contributed by atoms with Gasteiger partial charge in [-0.15, -0.1) is 0 Å². The van der Waals surface area contributed by atoms with Gasteiger partial charge >= 0.3 is 0 Å². The van der Waals surface area contributed by atoms with Crippen molar-refractivity contribution >= 4 is 29.1 Å². The third-order valence-electron chi connectivity index (χ3n) is 4.95. The van der Waals surface area contributed by atoms with Gasteiger partial charge in [0.15, 0.2) is 0 Å². The maximum absolute atomic E-state index is 13.2. The van der Waals surface area contributed by atoms with E-state index >= 15 is 0 Å². The molecule has 3 aromatic rings. The molecule has 2 aromatic carbocycles. The van der Waals surface area contributed by atoms with Crippen LogP contribution in [-0.2, 0) is 13.1 Å². The molecule has 0 aliphatic rings. The summed E-state index contributed by atoms with van der Waals surface area (Å²) in [5, 5.41) is 1.29. The molecule has 0 aliphatic heterocycles. The zero-order valence-corrected chi connectivity index (χ0v) is 17.6. The normalized spacial score (nSPS) is 12.0. The van der Waals surface area contributed by atoms with Crippen molar-refractivity contribution in [2.24, 2.45) is 0 Å². The van der Waals surface area contributed by atoms with Crippen LogP contribution in [0, 0.1) is 0 Å². The molecule has 0 saturated carbocycles. The van der Waals surface area contributed by atoms with Crippen LogP contribution in [0.15, 0.2) is 66.9 Å². The van der Waals surface area contributed by atoms with Crippen molar-refractivity contribution in [2.75, 3.05) is 0 Å². The van der Waals surface area contributed by atoms with Crippen LogP contribution in [0.25, 0.3) is 0 Å². The number of rotatable bonds is 7. The van der Waals surface area contributed by atoms with E-state index in [0.717, 1.165) is 22.7 Å². The molecule has 0 saturated heterocycles. The van der Waals surface area contributed by atoms with Crippen LogP contribution < -0.4 is 0 Å². The molecular weight excluding hydrogens is 391 g/mol. The molecule has 1 atom stereocenters. The Morgan fingerprint density at radius 2 is 1.75 bits per heavy atom. The second-order valence-corrected chi connectivity index (χ2v) is 7.83. The SMILES string of the molecule is CC[C@@H](C)N(Cc1cccn1Cc1cccc(Cl)c1)C(=O)c1cccc(Cl)c1. The molecule has 1 amide bonds. The molecule has 1 aromatic heterocycles. The topological polar surface area (TPSA) is 25.2 Å². The van der Waals surface area contributed by atoms with Gasteiger partial charge in [0.1, 0.15) is 0 Å². The lowest BCUT2D eigenvalue weighted by Crippen LogP contribution is -2.38. The van der Waals surface area contributed by atoms with Gasteiger partial charge in [-0.3, -0.25) is 4.79 Å².